The van der Waals surface area contributed by atoms with Crippen LogP contribution in [0.3, 0.4) is 0 Å². The minimum absolute atomic E-state index is 0.0536. The second-order valence-electron chi connectivity index (χ2n) is 4.68. The second kappa shape index (κ2) is 7.06. The number of carbonyl (C=O) groups is 1. The van der Waals surface area contributed by atoms with E-state index in [1.165, 1.54) is 11.8 Å². The third-order valence-corrected chi connectivity index (χ3v) is 4.61. The van der Waals surface area contributed by atoms with Crippen LogP contribution >= 0.6 is 23.1 Å². The number of amides is 1. The molecule has 0 unspecified atom stereocenters. The van der Waals surface area contributed by atoms with Gasteiger partial charge >= 0.3 is 0 Å². The van der Waals surface area contributed by atoms with E-state index in [0.717, 1.165) is 29.5 Å². The van der Waals surface area contributed by atoms with Crippen LogP contribution in [-0.4, -0.2) is 22.1 Å². The van der Waals surface area contributed by atoms with E-state index in [0.29, 0.717) is 15.7 Å². The zero-order valence-electron chi connectivity index (χ0n) is 12.4. The first-order chi connectivity index (χ1) is 11.6. The summed E-state index contributed by atoms with van der Waals surface area (Å²) in [6, 6.07) is 6.49. The van der Waals surface area contributed by atoms with Crippen LogP contribution in [-0.2, 0) is 0 Å². The molecule has 0 saturated heterocycles. The molecule has 0 aliphatic rings. The van der Waals surface area contributed by atoms with Crippen molar-refractivity contribution in [3.63, 3.8) is 0 Å². The lowest BCUT2D eigenvalue weighted by atomic mass is 10.1. The van der Waals surface area contributed by atoms with E-state index in [2.05, 4.69) is 15.3 Å². The number of thioether (sulfide) groups is 1. The highest BCUT2D eigenvalue weighted by Gasteiger charge is 2.15. The van der Waals surface area contributed by atoms with Crippen LogP contribution < -0.4 is 5.32 Å². The van der Waals surface area contributed by atoms with Gasteiger partial charge in [-0.05, 0) is 36.6 Å². The van der Waals surface area contributed by atoms with Crippen LogP contribution in [0.4, 0.5) is 13.9 Å². The Labute approximate surface area is 145 Å². The monoisotopic (exact) mass is 363 g/mol. The smallest absolute Gasteiger partial charge is 0.260 e. The van der Waals surface area contributed by atoms with Gasteiger partial charge in [-0.2, -0.15) is 0 Å². The molecule has 0 spiro atoms. The predicted molar refractivity (Wildman–Crippen MR) is 91.4 cm³/mol. The number of pyridine rings is 1. The molecule has 24 heavy (non-hydrogen) atoms. The Kier molecular flexibility index (Phi) is 4.86. The summed E-state index contributed by atoms with van der Waals surface area (Å²) in [6.07, 6.45) is 3.43. The molecule has 2 aromatic heterocycles. The maximum Gasteiger partial charge on any atom is 0.260 e. The van der Waals surface area contributed by atoms with Gasteiger partial charge in [0, 0.05) is 17.1 Å². The van der Waals surface area contributed by atoms with Crippen molar-refractivity contribution in [1.82, 2.24) is 9.97 Å². The highest BCUT2D eigenvalue weighted by Crippen LogP contribution is 2.28. The van der Waals surface area contributed by atoms with Gasteiger partial charge in [-0.1, -0.05) is 0 Å². The molecule has 0 aliphatic heterocycles. The molecule has 0 radical (unpaired) electrons. The standard InChI is InChI=1S/C16H11F2N3OS2/c1-23-15-10(3-2-6-19-15)14(22)21-16-20-13(8-24-16)11-7-9(17)4-5-12(11)18/h2-8H,1H3,(H,20,21,22). The normalized spacial score (nSPS) is 10.6. The summed E-state index contributed by atoms with van der Waals surface area (Å²) in [5, 5.41) is 5.12. The van der Waals surface area contributed by atoms with Gasteiger partial charge < -0.3 is 0 Å². The molecule has 122 valence electrons. The Balaban J connectivity index is 1.84. The highest BCUT2D eigenvalue weighted by atomic mass is 32.2. The Morgan fingerprint density at radius 3 is 2.92 bits per heavy atom. The number of carbonyl (C=O) groups excluding carboxylic acids is 1. The zero-order chi connectivity index (χ0) is 17.1. The summed E-state index contributed by atoms with van der Waals surface area (Å²) >= 11 is 2.50. The Hall–Kier alpha value is -2.32. The minimum atomic E-state index is -0.573. The molecular weight excluding hydrogens is 352 g/mol. The van der Waals surface area contributed by atoms with Crippen molar-refractivity contribution in [2.24, 2.45) is 0 Å². The lowest BCUT2D eigenvalue weighted by molar-refractivity contribution is 0.102. The summed E-state index contributed by atoms with van der Waals surface area (Å²) < 4.78 is 27.1. The van der Waals surface area contributed by atoms with Crippen LogP contribution in [0, 0.1) is 11.6 Å². The summed E-state index contributed by atoms with van der Waals surface area (Å²) in [5.41, 5.74) is 0.750. The first-order valence-corrected chi connectivity index (χ1v) is 8.90. The van der Waals surface area contributed by atoms with Crippen LogP contribution in [0.1, 0.15) is 10.4 Å². The molecule has 4 nitrogen and oxygen atoms in total. The topological polar surface area (TPSA) is 54.9 Å². The van der Waals surface area contributed by atoms with Gasteiger partial charge in [0.1, 0.15) is 16.7 Å². The average molecular weight is 363 g/mol. The molecule has 3 rings (SSSR count). The van der Waals surface area contributed by atoms with Gasteiger partial charge in [-0.25, -0.2) is 18.7 Å². The fraction of sp³-hybridized carbons (Fsp3) is 0.0625. The Morgan fingerprint density at radius 2 is 2.12 bits per heavy atom. The first-order valence-electron chi connectivity index (χ1n) is 6.80. The van der Waals surface area contributed by atoms with Gasteiger partial charge in [0.05, 0.1) is 11.3 Å². The van der Waals surface area contributed by atoms with E-state index in [-0.39, 0.29) is 17.2 Å². The van der Waals surface area contributed by atoms with Crippen molar-refractivity contribution in [2.75, 3.05) is 11.6 Å². The number of benzene rings is 1. The molecule has 3 aromatic rings. The van der Waals surface area contributed by atoms with Crippen LogP contribution in [0.25, 0.3) is 11.3 Å². The largest absolute Gasteiger partial charge is 0.298 e. The maximum absolute atomic E-state index is 13.8. The first kappa shape index (κ1) is 16.5. The summed E-state index contributed by atoms with van der Waals surface area (Å²) in [7, 11) is 0. The van der Waals surface area contributed by atoms with Crippen molar-refractivity contribution in [3.05, 3.63) is 59.1 Å². The van der Waals surface area contributed by atoms with Gasteiger partial charge in [0.25, 0.3) is 5.91 Å². The van der Waals surface area contributed by atoms with Crippen LogP contribution in [0.2, 0.25) is 0 Å². The van der Waals surface area contributed by atoms with Crippen molar-refractivity contribution < 1.29 is 13.6 Å². The Bertz CT molecular complexity index is 899. The molecule has 0 fully saturated rings. The number of anilines is 1. The predicted octanol–water partition coefficient (Wildman–Crippen LogP) is 4.46. The van der Waals surface area contributed by atoms with Crippen molar-refractivity contribution in [1.29, 1.82) is 0 Å². The maximum atomic E-state index is 13.8. The lowest BCUT2D eigenvalue weighted by Gasteiger charge is -2.05. The number of aromatic nitrogens is 2. The van der Waals surface area contributed by atoms with E-state index in [4.69, 9.17) is 0 Å². The van der Waals surface area contributed by atoms with Gasteiger partial charge in [0.15, 0.2) is 5.13 Å². The van der Waals surface area contributed by atoms with Crippen molar-refractivity contribution in [3.8, 4) is 11.3 Å². The second-order valence-corrected chi connectivity index (χ2v) is 6.33. The number of nitrogens with one attached hydrogen (secondary N) is 1. The fourth-order valence-corrected chi connectivity index (χ4v) is 3.29. The van der Waals surface area contributed by atoms with E-state index in [1.807, 2.05) is 6.26 Å². The number of halogens is 2. The van der Waals surface area contributed by atoms with Crippen molar-refractivity contribution in [2.45, 2.75) is 5.03 Å². The quantitative estimate of drug-likeness (QED) is 0.696. The third kappa shape index (κ3) is 3.44. The SMILES string of the molecule is CSc1ncccc1C(=O)Nc1nc(-c2cc(F)ccc2F)cs1. The van der Waals surface area contributed by atoms with Crippen LogP contribution in [0.5, 0.6) is 0 Å². The summed E-state index contributed by atoms with van der Waals surface area (Å²) in [5.74, 6) is -1.48. The number of rotatable bonds is 4. The van der Waals surface area contributed by atoms with E-state index >= 15 is 0 Å². The fourth-order valence-electron chi connectivity index (χ4n) is 2.04. The molecule has 0 bridgehead atoms. The third-order valence-electron chi connectivity index (χ3n) is 3.14. The van der Waals surface area contributed by atoms with Crippen LogP contribution in [0.15, 0.2) is 46.9 Å². The van der Waals surface area contributed by atoms with E-state index in [1.54, 1.807) is 23.7 Å². The molecule has 0 aliphatic carbocycles. The number of hydrogen-bond donors (Lipinski definition) is 1. The minimum Gasteiger partial charge on any atom is -0.298 e. The molecule has 1 amide bonds. The number of hydrogen-bond acceptors (Lipinski definition) is 5. The number of nitrogens with zero attached hydrogens (tertiary/aromatic N) is 2. The molecule has 0 atom stereocenters. The van der Waals surface area contributed by atoms with Gasteiger partial charge in [0.2, 0.25) is 0 Å². The van der Waals surface area contributed by atoms with Gasteiger partial charge in [-0.15, -0.1) is 23.1 Å². The lowest BCUT2D eigenvalue weighted by Crippen LogP contribution is -2.13. The molecule has 1 aromatic carbocycles. The van der Waals surface area contributed by atoms with E-state index in [9.17, 15) is 13.6 Å². The highest BCUT2D eigenvalue weighted by molar-refractivity contribution is 7.98. The molecule has 2 heterocycles. The van der Waals surface area contributed by atoms with E-state index < -0.39 is 11.6 Å². The Morgan fingerprint density at radius 1 is 1.29 bits per heavy atom. The molecule has 0 saturated carbocycles. The molecule has 1 N–H and O–H groups in total. The molecular formula is C16H11F2N3OS2. The average Bonchev–Trinajstić information content (AvgIpc) is 3.05. The summed E-state index contributed by atoms with van der Waals surface area (Å²) in [4.78, 5) is 20.6. The zero-order valence-corrected chi connectivity index (χ0v) is 14.0. The van der Waals surface area contributed by atoms with Crippen molar-refractivity contribution >= 4 is 34.1 Å². The molecule has 8 heteroatoms. The summed E-state index contributed by atoms with van der Waals surface area (Å²) in [6.45, 7) is 0. The number of thiazole rings is 1. The van der Waals surface area contributed by atoms with Gasteiger partial charge in [-0.3, -0.25) is 10.1 Å².